The van der Waals surface area contributed by atoms with E-state index in [1.54, 1.807) is 0 Å². The summed E-state index contributed by atoms with van der Waals surface area (Å²) in [6, 6.07) is 4.64. The van der Waals surface area contributed by atoms with Gasteiger partial charge in [0.2, 0.25) is 0 Å². The van der Waals surface area contributed by atoms with Crippen molar-refractivity contribution in [2.45, 2.75) is 33.4 Å². The van der Waals surface area contributed by atoms with E-state index in [0.717, 1.165) is 22.2 Å². The normalized spacial score (nSPS) is 26.9. The molecule has 0 aromatic carbocycles. The molecule has 0 bridgehead atoms. The number of pyridine rings is 1. The lowest BCUT2D eigenvalue weighted by Gasteiger charge is -2.28. The van der Waals surface area contributed by atoms with Crippen molar-refractivity contribution < 1.29 is 0 Å². The Labute approximate surface area is 107 Å². The fraction of sp³-hybridized carbons (Fsp3) is 0.538. The average molecular weight is 249 g/mol. The summed E-state index contributed by atoms with van der Waals surface area (Å²) in [5.41, 5.74) is 2.21. The van der Waals surface area contributed by atoms with Gasteiger partial charge in [-0.25, -0.2) is 0 Å². The Bertz CT molecular complexity index is 400. The second-order valence-corrected chi connectivity index (χ2v) is 5.66. The zero-order chi connectivity index (χ0) is 12.3. The minimum atomic E-state index is 0.520. The second-order valence-electron chi connectivity index (χ2n) is 4.65. The highest BCUT2D eigenvalue weighted by Crippen LogP contribution is 2.19. The third-order valence-electron chi connectivity index (χ3n) is 3.07. The van der Waals surface area contributed by atoms with E-state index < -0.39 is 0 Å². The number of aromatic nitrogens is 1. The van der Waals surface area contributed by atoms with Crippen LogP contribution in [0.4, 0.5) is 0 Å². The minimum Gasteiger partial charge on any atom is -0.362 e. The van der Waals surface area contributed by atoms with Gasteiger partial charge in [0, 0.05) is 23.7 Å². The summed E-state index contributed by atoms with van der Waals surface area (Å²) in [7, 11) is 0. The molecule has 1 aromatic heterocycles. The third kappa shape index (κ3) is 3.46. The summed E-state index contributed by atoms with van der Waals surface area (Å²) in [6.07, 6.45) is 1.90. The Morgan fingerprint density at radius 1 is 1.47 bits per heavy atom. The quantitative estimate of drug-likeness (QED) is 0.875. The number of nitrogens with zero attached hydrogens (tertiary/aromatic N) is 2. The summed E-state index contributed by atoms with van der Waals surface area (Å²) < 4.78 is 0. The topological polar surface area (TPSA) is 37.3 Å². The molecule has 0 spiro atoms. The second kappa shape index (κ2) is 5.54. The van der Waals surface area contributed by atoms with Crippen molar-refractivity contribution >= 4 is 16.9 Å². The lowest BCUT2D eigenvalue weighted by Crippen LogP contribution is -2.41. The SMILES string of the molecule is Cc1ccc(CN=C2NC(C)C(C)CS2)cn1. The molecule has 0 aliphatic carbocycles. The van der Waals surface area contributed by atoms with E-state index >= 15 is 0 Å². The first-order chi connectivity index (χ1) is 8.15. The van der Waals surface area contributed by atoms with E-state index in [1.807, 2.05) is 30.9 Å². The van der Waals surface area contributed by atoms with Gasteiger partial charge in [-0.1, -0.05) is 24.8 Å². The van der Waals surface area contributed by atoms with Gasteiger partial charge < -0.3 is 5.32 Å². The summed E-state index contributed by atoms with van der Waals surface area (Å²) in [4.78, 5) is 8.87. The Morgan fingerprint density at radius 3 is 2.94 bits per heavy atom. The van der Waals surface area contributed by atoms with Gasteiger partial charge in [0.1, 0.15) is 0 Å². The summed E-state index contributed by atoms with van der Waals surface area (Å²) >= 11 is 1.82. The molecule has 0 radical (unpaired) electrons. The first-order valence-corrected chi connectivity index (χ1v) is 6.99. The molecule has 92 valence electrons. The summed E-state index contributed by atoms with van der Waals surface area (Å²) in [5, 5.41) is 4.51. The van der Waals surface area contributed by atoms with Gasteiger partial charge in [0.05, 0.1) is 6.54 Å². The number of rotatable bonds is 2. The largest absolute Gasteiger partial charge is 0.362 e. The molecule has 2 atom stereocenters. The van der Waals surface area contributed by atoms with Crippen LogP contribution in [-0.4, -0.2) is 21.9 Å². The van der Waals surface area contributed by atoms with Crippen LogP contribution in [0.15, 0.2) is 23.3 Å². The highest BCUT2D eigenvalue weighted by molar-refractivity contribution is 8.13. The summed E-state index contributed by atoms with van der Waals surface area (Å²) in [6.45, 7) is 7.19. The van der Waals surface area contributed by atoms with Crippen molar-refractivity contribution in [3.05, 3.63) is 29.6 Å². The zero-order valence-corrected chi connectivity index (χ0v) is 11.4. The fourth-order valence-electron chi connectivity index (χ4n) is 1.58. The molecule has 0 saturated carbocycles. The van der Waals surface area contributed by atoms with Crippen molar-refractivity contribution in [2.75, 3.05) is 5.75 Å². The molecule has 2 unspecified atom stereocenters. The van der Waals surface area contributed by atoms with E-state index in [2.05, 4.69) is 35.2 Å². The number of hydrogen-bond acceptors (Lipinski definition) is 3. The lowest BCUT2D eigenvalue weighted by molar-refractivity contribution is 0.490. The maximum absolute atomic E-state index is 4.60. The van der Waals surface area contributed by atoms with Gasteiger partial charge in [-0.05, 0) is 31.4 Å². The molecule has 1 aromatic rings. The summed E-state index contributed by atoms with van der Waals surface area (Å²) in [5.74, 6) is 1.86. The Balaban J connectivity index is 1.94. The molecule has 3 nitrogen and oxygen atoms in total. The van der Waals surface area contributed by atoms with Crippen LogP contribution in [0.5, 0.6) is 0 Å². The van der Waals surface area contributed by atoms with Crippen molar-refractivity contribution in [2.24, 2.45) is 10.9 Å². The maximum atomic E-state index is 4.60. The van der Waals surface area contributed by atoms with Crippen molar-refractivity contribution in [1.82, 2.24) is 10.3 Å². The molecule has 2 heterocycles. The highest BCUT2D eigenvalue weighted by Gasteiger charge is 2.20. The number of aliphatic imine (C=N–C) groups is 1. The molecule has 1 N–H and O–H groups in total. The molecule has 1 fully saturated rings. The van der Waals surface area contributed by atoms with Crippen LogP contribution < -0.4 is 5.32 Å². The van der Waals surface area contributed by atoms with Gasteiger partial charge >= 0.3 is 0 Å². The number of amidine groups is 1. The predicted octanol–water partition coefficient (Wildman–Crippen LogP) is 2.61. The van der Waals surface area contributed by atoms with Crippen LogP contribution in [0.3, 0.4) is 0 Å². The van der Waals surface area contributed by atoms with Crippen molar-refractivity contribution in [3.63, 3.8) is 0 Å². The molecule has 1 saturated heterocycles. The molecule has 17 heavy (non-hydrogen) atoms. The van der Waals surface area contributed by atoms with Gasteiger partial charge in [-0.15, -0.1) is 0 Å². The fourth-order valence-corrected chi connectivity index (χ4v) is 2.71. The zero-order valence-electron chi connectivity index (χ0n) is 10.6. The van der Waals surface area contributed by atoms with E-state index in [1.165, 1.54) is 0 Å². The molecule has 2 rings (SSSR count). The lowest BCUT2D eigenvalue weighted by atomic mass is 10.1. The van der Waals surface area contributed by atoms with Gasteiger partial charge in [0.15, 0.2) is 5.17 Å². The number of thioether (sulfide) groups is 1. The monoisotopic (exact) mass is 249 g/mol. The smallest absolute Gasteiger partial charge is 0.157 e. The van der Waals surface area contributed by atoms with E-state index in [-0.39, 0.29) is 0 Å². The van der Waals surface area contributed by atoms with Gasteiger partial charge in [-0.2, -0.15) is 0 Å². The van der Waals surface area contributed by atoms with Crippen LogP contribution >= 0.6 is 11.8 Å². The van der Waals surface area contributed by atoms with Crippen molar-refractivity contribution in [1.29, 1.82) is 0 Å². The molecule has 1 aliphatic rings. The molecule has 4 heteroatoms. The van der Waals surface area contributed by atoms with E-state index in [0.29, 0.717) is 18.5 Å². The van der Waals surface area contributed by atoms with Crippen molar-refractivity contribution in [3.8, 4) is 0 Å². The number of hydrogen-bond donors (Lipinski definition) is 1. The van der Waals surface area contributed by atoms with E-state index in [9.17, 15) is 0 Å². The number of nitrogens with one attached hydrogen (secondary N) is 1. The Hall–Kier alpha value is -1.03. The van der Waals surface area contributed by atoms with Gasteiger partial charge in [-0.3, -0.25) is 9.98 Å². The van der Waals surface area contributed by atoms with Crippen LogP contribution in [0.25, 0.3) is 0 Å². The minimum absolute atomic E-state index is 0.520. The predicted molar refractivity (Wildman–Crippen MR) is 74.3 cm³/mol. The Morgan fingerprint density at radius 2 is 2.29 bits per heavy atom. The molecule has 0 amide bonds. The van der Waals surface area contributed by atoms with E-state index in [4.69, 9.17) is 0 Å². The van der Waals surface area contributed by atoms with Crippen LogP contribution in [0.2, 0.25) is 0 Å². The first-order valence-electron chi connectivity index (χ1n) is 6.00. The van der Waals surface area contributed by atoms with Crippen LogP contribution in [0.1, 0.15) is 25.1 Å². The number of aryl methyl sites for hydroxylation is 1. The molecule has 1 aliphatic heterocycles. The maximum Gasteiger partial charge on any atom is 0.157 e. The molecular weight excluding hydrogens is 230 g/mol. The average Bonchev–Trinajstić information content (AvgIpc) is 2.33. The van der Waals surface area contributed by atoms with Crippen LogP contribution in [0, 0.1) is 12.8 Å². The Kier molecular flexibility index (Phi) is 4.05. The first kappa shape index (κ1) is 12.4. The van der Waals surface area contributed by atoms with Gasteiger partial charge in [0.25, 0.3) is 0 Å². The third-order valence-corrected chi connectivity index (χ3v) is 4.28. The highest BCUT2D eigenvalue weighted by atomic mass is 32.2. The van der Waals surface area contributed by atoms with Crippen LogP contribution in [-0.2, 0) is 6.54 Å². The standard InChI is InChI=1S/C13H19N3S/c1-9-8-17-13(16-11(9)3)15-7-12-5-4-10(2)14-6-12/h4-6,9,11H,7-8H2,1-3H3,(H,15,16). The molecular formula is C13H19N3S.